The maximum absolute atomic E-state index is 12.1. The molecule has 0 saturated heterocycles. The predicted octanol–water partition coefficient (Wildman–Crippen LogP) is 5.34. The van der Waals surface area contributed by atoms with Crippen LogP contribution in [0.4, 0.5) is 0 Å². The van der Waals surface area contributed by atoms with Crippen molar-refractivity contribution in [3.05, 3.63) is 93.5 Å². The van der Waals surface area contributed by atoms with Crippen LogP contribution in [0.25, 0.3) is 0 Å². The lowest BCUT2D eigenvalue weighted by atomic mass is 10.2. The highest BCUT2D eigenvalue weighted by Crippen LogP contribution is 2.26. The summed E-state index contributed by atoms with van der Waals surface area (Å²) < 4.78 is 10.8. The van der Waals surface area contributed by atoms with Crippen LogP contribution in [0.15, 0.2) is 71.8 Å². The Kier molecular flexibility index (Phi) is 7.11. The third-order valence-electron chi connectivity index (χ3n) is 4.00. The Bertz CT molecular complexity index is 1000. The maximum Gasteiger partial charge on any atom is 0.271 e. The molecule has 1 N–H and O–H groups in total. The number of hydrazone groups is 1. The predicted molar refractivity (Wildman–Crippen MR) is 115 cm³/mol. The number of methoxy groups -OCH3 is 1. The summed E-state index contributed by atoms with van der Waals surface area (Å²) in [4.78, 5) is 12.1. The Balaban J connectivity index is 1.56. The van der Waals surface area contributed by atoms with Gasteiger partial charge in [0, 0.05) is 10.6 Å². The lowest BCUT2D eigenvalue weighted by Gasteiger charge is -2.09. The van der Waals surface area contributed by atoms with Crippen molar-refractivity contribution in [3.8, 4) is 11.5 Å². The van der Waals surface area contributed by atoms with Gasteiger partial charge in [0.15, 0.2) is 0 Å². The minimum absolute atomic E-state index is 0.321. The van der Waals surface area contributed by atoms with Crippen molar-refractivity contribution in [2.45, 2.75) is 6.61 Å². The molecule has 0 aliphatic carbocycles. The van der Waals surface area contributed by atoms with E-state index in [0.717, 1.165) is 11.1 Å². The average molecular weight is 429 g/mol. The Morgan fingerprint density at radius 3 is 2.41 bits per heavy atom. The fraction of sp³-hybridized carbons (Fsp3) is 0.0909. The second kappa shape index (κ2) is 9.96. The zero-order chi connectivity index (χ0) is 20.6. The molecule has 1 amide bonds. The largest absolute Gasteiger partial charge is 0.497 e. The maximum atomic E-state index is 12.1. The highest BCUT2D eigenvalue weighted by atomic mass is 35.5. The summed E-state index contributed by atoms with van der Waals surface area (Å²) in [7, 11) is 1.57. The number of carbonyl (C=O) groups excluding carboxylic acids is 1. The molecule has 29 heavy (non-hydrogen) atoms. The van der Waals surface area contributed by atoms with Crippen LogP contribution in [-0.2, 0) is 6.61 Å². The number of rotatable bonds is 7. The number of benzene rings is 3. The Morgan fingerprint density at radius 1 is 1.03 bits per heavy atom. The molecule has 0 fully saturated rings. The molecule has 148 valence electrons. The van der Waals surface area contributed by atoms with Gasteiger partial charge >= 0.3 is 0 Å². The number of amides is 1. The number of hydrogen-bond acceptors (Lipinski definition) is 4. The summed E-state index contributed by atoms with van der Waals surface area (Å²) in [5, 5.41) is 5.09. The number of hydrogen-bond donors (Lipinski definition) is 1. The van der Waals surface area contributed by atoms with E-state index in [1.54, 1.807) is 49.6 Å². The second-order valence-electron chi connectivity index (χ2n) is 6.03. The average Bonchev–Trinajstić information content (AvgIpc) is 2.74. The lowest BCUT2D eigenvalue weighted by Crippen LogP contribution is -2.17. The molecule has 3 aromatic carbocycles. The first-order valence-corrected chi connectivity index (χ1v) is 9.45. The zero-order valence-electron chi connectivity index (χ0n) is 15.6. The number of nitrogens with zero attached hydrogens (tertiary/aromatic N) is 1. The van der Waals surface area contributed by atoms with E-state index in [1.807, 2.05) is 24.3 Å². The van der Waals surface area contributed by atoms with Crippen LogP contribution >= 0.6 is 23.2 Å². The van der Waals surface area contributed by atoms with E-state index in [0.29, 0.717) is 33.7 Å². The quantitative estimate of drug-likeness (QED) is 0.407. The van der Waals surface area contributed by atoms with Gasteiger partial charge in [-0.25, -0.2) is 5.43 Å². The van der Waals surface area contributed by atoms with Crippen molar-refractivity contribution in [2.24, 2.45) is 5.10 Å². The molecule has 5 nitrogen and oxygen atoms in total. The van der Waals surface area contributed by atoms with E-state index in [4.69, 9.17) is 32.7 Å². The van der Waals surface area contributed by atoms with Gasteiger partial charge in [0.2, 0.25) is 0 Å². The first kappa shape index (κ1) is 20.7. The standard InChI is InChI=1S/C22H18Cl2N2O3/c1-28-19-9-5-17(6-10-19)22(27)26-25-13-16-4-11-21(20(24)12-16)29-14-15-2-7-18(23)8-3-15/h2-13H,14H2,1H3,(H,26,27)/b25-13-. The lowest BCUT2D eigenvalue weighted by molar-refractivity contribution is 0.0955. The third-order valence-corrected chi connectivity index (χ3v) is 4.54. The first-order valence-electron chi connectivity index (χ1n) is 8.69. The Labute approximate surface area is 178 Å². The minimum Gasteiger partial charge on any atom is -0.497 e. The van der Waals surface area contributed by atoms with Crippen LogP contribution in [0.3, 0.4) is 0 Å². The molecule has 0 aliphatic heterocycles. The number of carbonyl (C=O) groups is 1. The summed E-state index contributed by atoms with van der Waals surface area (Å²) >= 11 is 12.2. The monoisotopic (exact) mass is 428 g/mol. The van der Waals surface area contributed by atoms with Crippen molar-refractivity contribution in [1.29, 1.82) is 0 Å². The van der Waals surface area contributed by atoms with Crippen LogP contribution < -0.4 is 14.9 Å². The van der Waals surface area contributed by atoms with Crippen molar-refractivity contribution in [3.63, 3.8) is 0 Å². The number of nitrogens with one attached hydrogen (secondary N) is 1. The molecular formula is C22H18Cl2N2O3. The molecule has 7 heteroatoms. The van der Waals surface area contributed by atoms with Gasteiger partial charge in [-0.15, -0.1) is 0 Å². The normalized spacial score (nSPS) is 10.7. The molecule has 0 saturated carbocycles. The van der Waals surface area contributed by atoms with Gasteiger partial charge in [-0.2, -0.15) is 5.10 Å². The Hall–Kier alpha value is -3.02. The summed E-state index contributed by atoms with van der Waals surface area (Å²) in [5.41, 5.74) is 4.66. The van der Waals surface area contributed by atoms with Crippen molar-refractivity contribution < 1.29 is 14.3 Å². The third kappa shape index (κ3) is 5.98. The van der Waals surface area contributed by atoms with Gasteiger partial charge in [-0.05, 0) is 65.7 Å². The fourth-order valence-corrected chi connectivity index (χ4v) is 2.80. The number of halogens is 2. The molecule has 0 atom stereocenters. The van der Waals surface area contributed by atoms with Gasteiger partial charge in [0.1, 0.15) is 18.1 Å². The molecule has 0 spiro atoms. The fourth-order valence-electron chi connectivity index (χ4n) is 2.43. The highest BCUT2D eigenvalue weighted by molar-refractivity contribution is 6.32. The van der Waals surface area contributed by atoms with Crippen LogP contribution in [0.1, 0.15) is 21.5 Å². The molecule has 0 radical (unpaired) electrons. The molecular weight excluding hydrogens is 411 g/mol. The van der Waals surface area contributed by atoms with Gasteiger partial charge in [0.05, 0.1) is 18.3 Å². The van der Waals surface area contributed by atoms with Gasteiger partial charge in [-0.3, -0.25) is 4.79 Å². The van der Waals surface area contributed by atoms with Gasteiger partial charge in [0.25, 0.3) is 5.91 Å². The second-order valence-corrected chi connectivity index (χ2v) is 6.88. The molecule has 0 aliphatic rings. The summed E-state index contributed by atoms with van der Waals surface area (Å²) in [5.74, 6) is 0.914. The van der Waals surface area contributed by atoms with E-state index in [9.17, 15) is 4.79 Å². The van der Waals surface area contributed by atoms with Gasteiger partial charge in [-0.1, -0.05) is 35.3 Å². The van der Waals surface area contributed by atoms with E-state index in [1.165, 1.54) is 6.21 Å². The Morgan fingerprint density at radius 2 is 1.76 bits per heavy atom. The molecule has 0 aromatic heterocycles. The molecule has 3 aromatic rings. The molecule has 0 bridgehead atoms. The highest BCUT2D eigenvalue weighted by Gasteiger charge is 2.05. The van der Waals surface area contributed by atoms with Crippen molar-refractivity contribution >= 4 is 35.3 Å². The van der Waals surface area contributed by atoms with Crippen molar-refractivity contribution in [1.82, 2.24) is 5.43 Å². The zero-order valence-corrected chi connectivity index (χ0v) is 17.1. The van der Waals surface area contributed by atoms with E-state index >= 15 is 0 Å². The summed E-state index contributed by atoms with van der Waals surface area (Å²) in [6.45, 7) is 0.377. The minimum atomic E-state index is -0.321. The van der Waals surface area contributed by atoms with Gasteiger partial charge < -0.3 is 9.47 Å². The molecule has 0 heterocycles. The SMILES string of the molecule is COc1ccc(C(=O)N/N=C\c2ccc(OCc3ccc(Cl)cc3)c(Cl)c2)cc1. The smallest absolute Gasteiger partial charge is 0.271 e. The summed E-state index contributed by atoms with van der Waals surface area (Å²) in [6, 6.07) is 19.4. The van der Waals surface area contributed by atoms with E-state index in [2.05, 4.69) is 10.5 Å². The van der Waals surface area contributed by atoms with Crippen LogP contribution in [-0.4, -0.2) is 19.2 Å². The van der Waals surface area contributed by atoms with Crippen LogP contribution in [0.5, 0.6) is 11.5 Å². The van der Waals surface area contributed by atoms with E-state index in [-0.39, 0.29) is 5.91 Å². The van der Waals surface area contributed by atoms with Crippen LogP contribution in [0.2, 0.25) is 10.0 Å². The molecule has 0 unspecified atom stereocenters. The topological polar surface area (TPSA) is 59.9 Å². The molecule has 3 rings (SSSR count). The van der Waals surface area contributed by atoms with Crippen molar-refractivity contribution in [2.75, 3.05) is 7.11 Å². The summed E-state index contributed by atoms with van der Waals surface area (Å²) in [6.07, 6.45) is 1.51. The van der Waals surface area contributed by atoms with E-state index < -0.39 is 0 Å². The number of ether oxygens (including phenoxy) is 2. The first-order chi connectivity index (χ1) is 14.0. The van der Waals surface area contributed by atoms with Crippen LogP contribution in [0, 0.1) is 0 Å².